The SMILES string of the molecule is Cc1cnc(C(=O)N2CCS(=O)(=O)CC2)[nH]1. The van der Waals surface area contributed by atoms with Gasteiger partial charge in [0.25, 0.3) is 5.91 Å². The minimum Gasteiger partial charge on any atom is -0.338 e. The fourth-order valence-corrected chi connectivity index (χ4v) is 2.79. The van der Waals surface area contributed by atoms with Crippen LogP contribution in [0.5, 0.6) is 0 Å². The molecule has 2 rings (SSSR count). The number of nitrogens with one attached hydrogen (secondary N) is 1. The van der Waals surface area contributed by atoms with E-state index in [1.807, 2.05) is 6.92 Å². The van der Waals surface area contributed by atoms with Crippen molar-refractivity contribution in [3.63, 3.8) is 0 Å². The number of aryl methyl sites for hydroxylation is 1. The quantitative estimate of drug-likeness (QED) is 0.726. The third-order valence-corrected chi connectivity index (χ3v) is 4.15. The Bertz CT molecular complexity index is 492. The number of carbonyl (C=O) groups is 1. The van der Waals surface area contributed by atoms with E-state index in [9.17, 15) is 13.2 Å². The fraction of sp³-hybridized carbons (Fsp3) is 0.556. The summed E-state index contributed by atoms with van der Waals surface area (Å²) < 4.78 is 22.4. The van der Waals surface area contributed by atoms with Crippen LogP contribution >= 0.6 is 0 Å². The standard InChI is InChI=1S/C9H13N3O3S/c1-7-6-10-8(11-7)9(13)12-2-4-16(14,15)5-3-12/h6H,2-5H2,1H3,(H,10,11). The second-order valence-electron chi connectivity index (χ2n) is 3.86. The summed E-state index contributed by atoms with van der Waals surface area (Å²) in [4.78, 5) is 20.1. The average molecular weight is 243 g/mol. The molecule has 0 aliphatic carbocycles. The van der Waals surface area contributed by atoms with Crippen LogP contribution in [0.4, 0.5) is 0 Å². The van der Waals surface area contributed by atoms with Gasteiger partial charge in [0.15, 0.2) is 15.7 Å². The van der Waals surface area contributed by atoms with E-state index >= 15 is 0 Å². The van der Waals surface area contributed by atoms with Crippen molar-refractivity contribution >= 4 is 15.7 Å². The zero-order valence-corrected chi connectivity index (χ0v) is 9.75. The zero-order valence-electron chi connectivity index (χ0n) is 8.93. The molecule has 1 aliphatic heterocycles. The molecule has 1 aromatic heterocycles. The lowest BCUT2D eigenvalue weighted by Crippen LogP contribution is -2.44. The van der Waals surface area contributed by atoms with Crippen molar-refractivity contribution in [3.05, 3.63) is 17.7 Å². The van der Waals surface area contributed by atoms with Crippen LogP contribution in [0.15, 0.2) is 6.20 Å². The molecule has 1 fully saturated rings. The number of hydrogen-bond acceptors (Lipinski definition) is 4. The maximum Gasteiger partial charge on any atom is 0.289 e. The van der Waals surface area contributed by atoms with Crippen molar-refractivity contribution in [2.24, 2.45) is 0 Å². The number of imidazole rings is 1. The molecule has 0 radical (unpaired) electrons. The van der Waals surface area contributed by atoms with Crippen LogP contribution in [0.25, 0.3) is 0 Å². The first kappa shape index (κ1) is 11.1. The third kappa shape index (κ3) is 2.24. The first-order chi connectivity index (χ1) is 7.48. The molecule has 6 nitrogen and oxygen atoms in total. The van der Waals surface area contributed by atoms with Gasteiger partial charge in [0.2, 0.25) is 0 Å². The smallest absolute Gasteiger partial charge is 0.289 e. The first-order valence-electron chi connectivity index (χ1n) is 4.99. The molecule has 0 saturated carbocycles. The van der Waals surface area contributed by atoms with Crippen molar-refractivity contribution in [3.8, 4) is 0 Å². The molecular weight excluding hydrogens is 230 g/mol. The number of rotatable bonds is 1. The van der Waals surface area contributed by atoms with E-state index in [0.29, 0.717) is 0 Å². The summed E-state index contributed by atoms with van der Waals surface area (Å²) in [6.45, 7) is 2.31. The molecule has 0 aromatic carbocycles. The van der Waals surface area contributed by atoms with Gasteiger partial charge in [-0.15, -0.1) is 0 Å². The van der Waals surface area contributed by atoms with Gasteiger partial charge in [-0.05, 0) is 6.92 Å². The Labute approximate surface area is 93.6 Å². The highest BCUT2D eigenvalue weighted by Gasteiger charge is 2.26. The third-order valence-electron chi connectivity index (χ3n) is 2.54. The summed E-state index contributed by atoms with van der Waals surface area (Å²) >= 11 is 0. The van der Waals surface area contributed by atoms with Gasteiger partial charge in [0.05, 0.1) is 11.5 Å². The Kier molecular flexibility index (Phi) is 2.71. The number of hydrogen-bond donors (Lipinski definition) is 1. The molecule has 88 valence electrons. The molecule has 16 heavy (non-hydrogen) atoms. The molecule has 0 atom stereocenters. The van der Waals surface area contributed by atoms with Crippen molar-refractivity contribution < 1.29 is 13.2 Å². The van der Waals surface area contributed by atoms with Crippen molar-refractivity contribution in [2.45, 2.75) is 6.92 Å². The monoisotopic (exact) mass is 243 g/mol. The van der Waals surface area contributed by atoms with E-state index in [0.717, 1.165) is 5.69 Å². The van der Waals surface area contributed by atoms with Crippen LogP contribution in [-0.4, -0.2) is 53.8 Å². The predicted octanol–water partition coefficient (Wildman–Crippen LogP) is -0.411. The molecule has 1 saturated heterocycles. The van der Waals surface area contributed by atoms with Gasteiger partial charge in [0, 0.05) is 25.0 Å². The van der Waals surface area contributed by atoms with Crippen LogP contribution in [-0.2, 0) is 9.84 Å². The Morgan fingerprint density at radius 2 is 2.06 bits per heavy atom. The maximum atomic E-state index is 11.9. The molecule has 0 spiro atoms. The van der Waals surface area contributed by atoms with Gasteiger partial charge in [-0.3, -0.25) is 4.79 Å². The Morgan fingerprint density at radius 3 is 2.56 bits per heavy atom. The van der Waals surface area contributed by atoms with E-state index in [4.69, 9.17) is 0 Å². The van der Waals surface area contributed by atoms with E-state index < -0.39 is 9.84 Å². The highest BCUT2D eigenvalue weighted by atomic mass is 32.2. The van der Waals surface area contributed by atoms with Gasteiger partial charge in [-0.1, -0.05) is 0 Å². The lowest BCUT2D eigenvalue weighted by Gasteiger charge is -2.25. The number of amides is 1. The largest absolute Gasteiger partial charge is 0.338 e. The Balaban J connectivity index is 2.07. The van der Waals surface area contributed by atoms with Crippen LogP contribution < -0.4 is 0 Å². The van der Waals surface area contributed by atoms with Crippen LogP contribution in [0.1, 0.15) is 16.3 Å². The summed E-state index contributed by atoms with van der Waals surface area (Å²) in [5.74, 6) is 0.122. The molecule has 7 heteroatoms. The first-order valence-corrected chi connectivity index (χ1v) is 6.81. The molecule has 0 bridgehead atoms. The molecule has 1 N–H and O–H groups in total. The van der Waals surface area contributed by atoms with E-state index in [1.54, 1.807) is 6.20 Å². The van der Waals surface area contributed by atoms with Gasteiger partial charge in [0.1, 0.15) is 0 Å². The summed E-state index contributed by atoms with van der Waals surface area (Å²) in [7, 11) is -2.95. The minimum atomic E-state index is -2.95. The second kappa shape index (κ2) is 3.89. The van der Waals surface area contributed by atoms with Crippen LogP contribution in [0.2, 0.25) is 0 Å². The summed E-state index contributed by atoms with van der Waals surface area (Å²) in [6.07, 6.45) is 1.58. The summed E-state index contributed by atoms with van der Waals surface area (Å²) in [6, 6.07) is 0. The summed E-state index contributed by atoms with van der Waals surface area (Å²) in [5.41, 5.74) is 0.813. The predicted molar refractivity (Wildman–Crippen MR) is 57.9 cm³/mol. The molecule has 1 amide bonds. The Hall–Kier alpha value is -1.37. The number of aromatic nitrogens is 2. The van der Waals surface area contributed by atoms with Gasteiger partial charge in [-0.25, -0.2) is 13.4 Å². The molecule has 1 aliphatic rings. The molecule has 2 heterocycles. The van der Waals surface area contributed by atoms with Gasteiger partial charge < -0.3 is 9.88 Å². The highest BCUT2D eigenvalue weighted by molar-refractivity contribution is 7.91. The normalized spacial score (nSPS) is 19.7. The second-order valence-corrected chi connectivity index (χ2v) is 6.16. The number of sulfone groups is 1. The van der Waals surface area contributed by atoms with Crippen molar-refractivity contribution in [2.75, 3.05) is 24.6 Å². The lowest BCUT2D eigenvalue weighted by atomic mass is 10.4. The Morgan fingerprint density at radius 1 is 1.44 bits per heavy atom. The van der Waals surface area contributed by atoms with Crippen molar-refractivity contribution in [1.29, 1.82) is 0 Å². The van der Waals surface area contributed by atoms with Crippen LogP contribution in [0, 0.1) is 6.92 Å². The highest BCUT2D eigenvalue weighted by Crippen LogP contribution is 2.07. The van der Waals surface area contributed by atoms with Crippen LogP contribution in [0.3, 0.4) is 0 Å². The molecule has 1 aromatic rings. The topological polar surface area (TPSA) is 83.1 Å². The average Bonchev–Trinajstić information content (AvgIpc) is 2.64. The number of H-pyrrole nitrogens is 1. The van der Waals surface area contributed by atoms with E-state index in [2.05, 4.69) is 9.97 Å². The minimum absolute atomic E-state index is 0.0401. The van der Waals surface area contributed by atoms with E-state index in [-0.39, 0.29) is 36.3 Å². The number of nitrogens with zero attached hydrogens (tertiary/aromatic N) is 2. The fourth-order valence-electron chi connectivity index (χ4n) is 1.59. The summed E-state index contributed by atoms with van der Waals surface area (Å²) in [5, 5.41) is 0. The van der Waals surface area contributed by atoms with Crippen molar-refractivity contribution in [1.82, 2.24) is 14.9 Å². The lowest BCUT2D eigenvalue weighted by molar-refractivity contribution is 0.0759. The number of aromatic amines is 1. The maximum absolute atomic E-state index is 11.9. The molecule has 0 unspecified atom stereocenters. The van der Waals surface area contributed by atoms with Gasteiger partial charge in [-0.2, -0.15) is 0 Å². The zero-order chi connectivity index (χ0) is 11.8. The molecular formula is C9H13N3O3S. The van der Waals surface area contributed by atoms with E-state index in [1.165, 1.54) is 4.90 Å². The van der Waals surface area contributed by atoms with Gasteiger partial charge >= 0.3 is 0 Å². The number of carbonyl (C=O) groups excluding carboxylic acids is 1.